The topological polar surface area (TPSA) is 70.8 Å². The van der Waals surface area contributed by atoms with Crippen molar-refractivity contribution in [2.45, 2.75) is 0 Å². The van der Waals surface area contributed by atoms with Crippen LogP contribution in [0.15, 0.2) is 29.4 Å². The summed E-state index contributed by atoms with van der Waals surface area (Å²) >= 11 is 5.01. The zero-order valence-electron chi connectivity index (χ0n) is 8.87. The van der Waals surface area contributed by atoms with Gasteiger partial charge in [-0.25, -0.2) is 5.01 Å². The second-order valence-corrected chi connectivity index (χ2v) is 3.80. The van der Waals surface area contributed by atoms with Crippen LogP contribution in [0.2, 0.25) is 0 Å². The van der Waals surface area contributed by atoms with Crippen LogP contribution in [0.4, 0.5) is 5.69 Å². The molecule has 0 radical (unpaired) electrons. The quantitative estimate of drug-likeness (QED) is 0.377. The van der Waals surface area contributed by atoms with Gasteiger partial charge in [0.05, 0.1) is 23.2 Å². The summed E-state index contributed by atoms with van der Waals surface area (Å²) in [7, 11) is 0. The van der Waals surface area contributed by atoms with Gasteiger partial charge < -0.3 is 5.32 Å². The van der Waals surface area contributed by atoms with Crippen LogP contribution in [0, 0.1) is 10.1 Å². The first-order valence-electron chi connectivity index (χ1n) is 5.01. The highest BCUT2D eigenvalue weighted by Crippen LogP contribution is 2.15. The molecule has 7 heteroatoms. The van der Waals surface area contributed by atoms with Gasteiger partial charge in [-0.2, -0.15) is 5.10 Å². The highest BCUT2D eigenvalue weighted by Gasteiger charge is 2.15. The van der Waals surface area contributed by atoms with Gasteiger partial charge in [0.2, 0.25) is 0 Å². The minimum absolute atomic E-state index is 0.0364. The Balaban J connectivity index is 2.20. The SMILES string of the molecule is O=[N+]([O-])c1ccccc1/C=N/N1CCNC1=S. The predicted molar refractivity (Wildman–Crippen MR) is 68.0 cm³/mol. The Morgan fingerprint density at radius 2 is 2.29 bits per heavy atom. The fourth-order valence-corrected chi connectivity index (χ4v) is 1.71. The molecule has 0 saturated carbocycles. The highest BCUT2D eigenvalue weighted by molar-refractivity contribution is 7.80. The van der Waals surface area contributed by atoms with Gasteiger partial charge in [-0.3, -0.25) is 10.1 Å². The normalized spacial score (nSPS) is 15.3. The number of thiocarbonyl (C=S) groups is 1. The largest absolute Gasteiger partial charge is 0.359 e. The zero-order chi connectivity index (χ0) is 12.3. The molecule has 1 aromatic rings. The molecule has 0 atom stereocenters. The summed E-state index contributed by atoms with van der Waals surface area (Å²) < 4.78 is 0. The standard InChI is InChI=1S/C10H10N4O2S/c15-14(16)9-4-2-1-3-8(9)7-12-13-6-5-11-10(13)17/h1-4,7H,5-6H2,(H,11,17)/b12-7+. The molecule has 1 fully saturated rings. The van der Waals surface area contributed by atoms with Gasteiger partial charge in [-0.15, -0.1) is 0 Å². The number of nitro benzene ring substituents is 1. The smallest absolute Gasteiger partial charge is 0.278 e. The molecule has 0 spiro atoms. The van der Waals surface area contributed by atoms with Crippen LogP contribution >= 0.6 is 12.2 Å². The summed E-state index contributed by atoms with van der Waals surface area (Å²) in [6, 6.07) is 6.45. The van der Waals surface area contributed by atoms with Crippen molar-refractivity contribution in [2.24, 2.45) is 5.10 Å². The van der Waals surface area contributed by atoms with Gasteiger partial charge in [0.25, 0.3) is 5.69 Å². The van der Waals surface area contributed by atoms with E-state index in [0.29, 0.717) is 17.2 Å². The molecule has 0 aromatic heterocycles. The lowest BCUT2D eigenvalue weighted by Gasteiger charge is -2.07. The molecule has 0 bridgehead atoms. The molecule has 1 aromatic carbocycles. The molecule has 1 saturated heterocycles. The molecule has 1 N–H and O–H groups in total. The van der Waals surface area contributed by atoms with E-state index in [0.717, 1.165) is 6.54 Å². The van der Waals surface area contributed by atoms with Crippen LogP contribution in [0.3, 0.4) is 0 Å². The molecule has 88 valence electrons. The van der Waals surface area contributed by atoms with Crippen LogP contribution in [0.25, 0.3) is 0 Å². The maximum absolute atomic E-state index is 10.8. The van der Waals surface area contributed by atoms with Crippen LogP contribution < -0.4 is 5.32 Å². The third kappa shape index (κ3) is 2.56. The number of para-hydroxylation sites is 1. The Kier molecular flexibility index (Phi) is 3.29. The van der Waals surface area contributed by atoms with Gasteiger partial charge >= 0.3 is 0 Å². The molecule has 1 aliphatic rings. The van der Waals surface area contributed by atoms with Crippen molar-refractivity contribution in [3.63, 3.8) is 0 Å². The lowest BCUT2D eigenvalue weighted by molar-refractivity contribution is -0.385. The van der Waals surface area contributed by atoms with E-state index in [1.54, 1.807) is 23.2 Å². The lowest BCUT2D eigenvalue weighted by Crippen LogP contribution is -2.22. The molecule has 2 rings (SSSR count). The molecule has 17 heavy (non-hydrogen) atoms. The lowest BCUT2D eigenvalue weighted by atomic mass is 10.2. The predicted octanol–water partition coefficient (Wildman–Crippen LogP) is 1.12. The van der Waals surface area contributed by atoms with E-state index in [4.69, 9.17) is 12.2 Å². The van der Waals surface area contributed by atoms with Crippen molar-refractivity contribution in [3.8, 4) is 0 Å². The molecular weight excluding hydrogens is 240 g/mol. The van der Waals surface area contributed by atoms with Gasteiger partial charge in [0.15, 0.2) is 5.11 Å². The fourth-order valence-electron chi connectivity index (χ4n) is 1.47. The second kappa shape index (κ2) is 4.88. The Bertz CT molecular complexity index is 489. The van der Waals surface area contributed by atoms with Gasteiger partial charge in [-0.05, 0) is 18.3 Å². The summed E-state index contributed by atoms with van der Waals surface area (Å²) in [5.41, 5.74) is 0.501. The third-order valence-electron chi connectivity index (χ3n) is 2.30. The van der Waals surface area contributed by atoms with Gasteiger partial charge in [0, 0.05) is 12.6 Å². The number of hydrogen-bond acceptors (Lipinski definition) is 4. The molecule has 1 heterocycles. The summed E-state index contributed by atoms with van der Waals surface area (Å²) in [5, 5.41) is 20.0. The fraction of sp³-hybridized carbons (Fsp3) is 0.200. The van der Waals surface area contributed by atoms with E-state index in [9.17, 15) is 10.1 Å². The number of nitrogens with zero attached hydrogens (tertiary/aromatic N) is 3. The molecule has 1 aliphatic heterocycles. The minimum Gasteiger partial charge on any atom is -0.359 e. The Morgan fingerprint density at radius 1 is 1.53 bits per heavy atom. The molecule has 0 aliphatic carbocycles. The van der Waals surface area contributed by atoms with Crippen molar-refractivity contribution in [3.05, 3.63) is 39.9 Å². The Morgan fingerprint density at radius 3 is 2.94 bits per heavy atom. The number of benzene rings is 1. The average molecular weight is 250 g/mol. The summed E-state index contributed by atoms with van der Waals surface area (Å²) in [5.74, 6) is 0. The number of nitro groups is 1. The van der Waals surface area contributed by atoms with E-state index in [-0.39, 0.29) is 5.69 Å². The van der Waals surface area contributed by atoms with Gasteiger partial charge in [0.1, 0.15) is 0 Å². The van der Waals surface area contributed by atoms with Crippen LogP contribution in [-0.4, -0.2) is 34.3 Å². The summed E-state index contributed by atoms with van der Waals surface area (Å²) in [6.45, 7) is 1.42. The summed E-state index contributed by atoms with van der Waals surface area (Å²) in [6.07, 6.45) is 1.46. The Hall–Kier alpha value is -2.02. The van der Waals surface area contributed by atoms with E-state index in [1.165, 1.54) is 12.3 Å². The first-order valence-corrected chi connectivity index (χ1v) is 5.42. The van der Waals surface area contributed by atoms with E-state index >= 15 is 0 Å². The second-order valence-electron chi connectivity index (χ2n) is 3.42. The third-order valence-corrected chi connectivity index (χ3v) is 2.66. The number of hydrazone groups is 1. The molecule has 6 nitrogen and oxygen atoms in total. The maximum atomic E-state index is 10.8. The van der Waals surface area contributed by atoms with Crippen LogP contribution in [0.1, 0.15) is 5.56 Å². The average Bonchev–Trinajstić information content (AvgIpc) is 2.72. The zero-order valence-corrected chi connectivity index (χ0v) is 9.68. The highest BCUT2D eigenvalue weighted by atomic mass is 32.1. The first kappa shape index (κ1) is 11.5. The van der Waals surface area contributed by atoms with E-state index in [1.807, 2.05) is 0 Å². The Labute approximate surface area is 103 Å². The van der Waals surface area contributed by atoms with Crippen molar-refractivity contribution in [1.82, 2.24) is 10.3 Å². The van der Waals surface area contributed by atoms with Gasteiger partial charge in [-0.1, -0.05) is 12.1 Å². The number of hydrogen-bond donors (Lipinski definition) is 1. The first-order chi connectivity index (χ1) is 8.18. The van der Waals surface area contributed by atoms with Crippen LogP contribution in [0.5, 0.6) is 0 Å². The molecule has 0 unspecified atom stereocenters. The number of nitrogens with one attached hydrogen (secondary N) is 1. The van der Waals surface area contributed by atoms with Crippen LogP contribution in [-0.2, 0) is 0 Å². The maximum Gasteiger partial charge on any atom is 0.278 e. The van der Waals surface area contributed by atoms with Crippen molar-refractivity contribution in [1.29, 1.82) is 0 Å². The van der Waals surface area contributed by atoms with Crippen molar-refractivity contribution >= 4 is 29.2 Å². The monoisotopic (exact) mass is 250 g/mol. The number of rotatable bonds is 3. The molecule has 0 amide bonds. The van der Waals surface area contributed by atoms with Crippen molar-refractivity contribution < 1.29 is 4.92 Å². The summed E-state index contributed by atoms with van der Waals surface area (Å²) in [4.78, 5) is 10.3. The van der Waals surface area contributed by atoms with E-state index < -0.39 is 4.92 Å². The molecular formula is C10H10N4O2S. The minimum atomic E-state index is -0.429. The van der Waals surface area contributed by atoms with E-state index in [2.05, 4.69) is 10.4 Å². The van der Waals surface area contributed by atoms with Crippen molar-refractivity contribution in [2.75, 3.05) is 13.1 Å².